The molecule has 2 N–H and O–H groups in total. The molecule has 3 aromatic rings. The maximum atomic E-state index is 11.5. The van der Waals surface area contributed by atoms with Gasteiger partial charge in [-0.1, -0.05) is 47.5 Å². The molecule has 4 heterocycles. The van der Waals surface area contributed by atoms with Gasteiger partial charge < -0.3 is 15.0 Å². The van der Waals surface area contributed by atoms with Crippen LogP contribution >= 0.6 is 10.0 Å². The number of hydrogen-bond donors (Lipinski definition) is 1. The summed E-state index contributed by atoms with van der Waals surface area (Å²) in [6.45, 7) is 12.9. The standard InChI is InChI=1S/C17H23N5OS.C8H17NO2S.C3H8.C2H6/c1-24(2,3)10-9-23-12-22-8-6-14-17(22)21-15(11-20-14)13-5-4-7-19-16(13)18;1-2-8-12(10,11)9-6-4-3-5-7-9;1-3-2;1-2/h4-8,11H,9-10,12H2,1-3H3,(H2,18,19);2-8H2,1H3;3H2,1-2H3;1-2H3. The van der Waals surface area contributed by atoms with Crippen molar-refractivity contribution in [2.45, 2.75) is 73.5 Å². The fourth-order valence-electron chi connectivity index (χ4n) is 3.82. The van der Waals surface area contributed by atoms with E-state index in [0.717, 1.165) is 61.4 Å². The van der Waals surface area contributed by atoms with Crippen LogP contribution in [0.1, 0.15) is 66.7 Å². The lowest BCUT2D eigenvalue weighted by Crippen LogP contribution is -2.37. The molecule has 0 unspecified atom stereocenters. The first-order valence-corrected chi connectivity index (χ1v) is 19.4. The molecule has 0 saturated carbocycles. The highest BCUT2D eigenvalue weighted by molar-refractivity contribution is 8.32. The molecule has 41 heavy (non-hydrogen) atoms. The van der Waals surface area contributed by atoms with Crippen molar-refractivity contribution in [3.63, 3.8) is 0 Å². The van der Waals surface area contributed by atoms with E-state index in [0.29, 0.717) is 24.0 Å². The van der Waals surface area contributed by atoms with Gasteiger partial charge in [-0.25, -0.2) is 32.7 Å². The maximum absolute atomic E-state index is 11.5. The molecule has 1 aliphatic rings. The molecule has 0 aliphatic carbocycles. The fourth-order valence-corrected chi connectivity index (χ4v) is 6.03. The van der Waals surface area contributed by atoms with Crippen LogP contribution in [0.15, 0.2) is 36.8 Å². The number of pyridine rings is 1. The predicted molar refractivity (Wildman–Crippen MR) is 178 cm³/mol. The number of nitrogen functional groups attached to an aromatic ring is 1. The van der Waals surface area contributed by atoms with Crippen LogP contribution in [0.3, 0.4) is 0 Å². The third kappa shape index (κ3) is 13.1. The number of nitrogens with zero attached hydrogens (tertiary/aromatic N) is 5. The van der Waals surface area contributed by atoms with Gasteiger partial charge in [-0.2, -0.15) is 0 Å². The van der Waals surface area contributed by atoms with Gasteiger partial charge in [0.2, 0.25) is 10.0 Å². The van der Waals surface area contributed by atoms with E-state index >= 15 is 0 Å². The molecule has 3 aromatic heterocycles. The van der Waals surface area contributed by atoms with Crippen LogP contribution in [0.25, 0.3) is 22.4 Å². The topological polar surface area (TPSA) is 116 Å². The molecule has 0 bridgehead atoms. The Hall–Kier alpha value is -2.21. The second-order valence-corrected chi connectivity index (χ2v) is 17.2. The van der Waals surface area contributed by atoms with E-state index in [1.54, 1.807) is 16.7 Å². The van der Waals surface area contributed by atoms with Crippen molar-refractivity contribution >= 4 is 37.0 Å². The van der Waals surface area contributed by atoms with Crippen LogP contribution in [0, 0.1) is 0 Å². The normalized spacial score (nSPS) is 14.1. The number of piperidine rings is 1. The molecule has 0 amide bonds. The lowest BCUT2D eigenvalue weighted by Gasteiger charge is -2.25. The number of rotatable bonds is 9. The zero-order valence-electron chi connectivity index (χ0n) is 26.6. The van der Waals surface area contributed by atoms with Crippen molar-refractivity contribution in [3.05, 3.63) is 36.8 Å². The van der Waals surface area contributed by atoms with Gasteiger partial charge in [-0.05, 0) is 56.2 Å². The largest absolute Gasteiger partial charge is 0.383 e. The summed E-state index contributed by atoms with van der Waals surface area (Å²) in [7, 11) is -3.44. The molecule has 9 nitrogen and oxygen atoms in total. The minimum atomic E-state index is -2.90. The summed E-state index contributed by atoms with van der Waals surface area (Å²) >= 11 is 0. The molecule has 0 atom stereocenters. The van der Waals surface area contributed by atoms with E-state index in [2.05, 4.69) is 42.6 Å². The lowest BCUT2D eigenvalue weighted by atomic mass is 10.2. The van der Waals surface area contributed by atoms with E-state index in [-0.39, 0.29) is 0 Å². The van der Waals surface area contributed by atoms with E-state index in [4.69, 9.17) is 15.5 Å². The second-order valence-electron chi connectivity index (χ2n) is 10.5. The number of aromatic nitrogens is 4. The number of hydrogen-bond acceptors (Lipinski definition) is 7. The third-order valence-electron chi connectivity index (χ3n) is 5.82. The third-order valence-corrected chi connectivity index (χ3v) is 9.29. The second kappa shape index (κ2) is 19.1. The van der Waals surface area contributed by atoms with E-state index in [1.807, 2.05) is 49.7 Å². The summed E-state index contributed by atoms with van der Waals surface area (Å²) in [6, 6.07) is 5.68. The molecule has 4 rings (SSSR count). The van der Waals surface area contributed by atoms with Gasteiger partial charge in [-0.15, -0.1) is 0 Å². The number of nitrogens with two attached hydrogens (primary N) is 1. The highest BCUT2D eigenvalue weighted by atomic mass is 32.3. The van der Waals surface area contributed by atoms with Crippen molar-refractivity contribution < 1.29 is 13.2 Å². The first-order valence-electron chi connectivity index (χ1n) is 14.8. The summed E-state index contributed by atoms with van der Waals surface area (Å²) in [5, 5.41) is 0. The van der Waals surface area contributed by atoms with Gasteiger partial charge in [0.25, 0.3) is 0 Å². The minimum absolute atomic E-state index is 0.312. The zero-order valence-corrected chi connectivity index (χ0v) is 28.2. The molecule has 0 aromatic carbocycles. The first kappa shape index (κ1) is 36.8. The van der Waals surface area contributed by atoms with Gasteiger partial charge in [-0.3, -0.25) is 4.98 Å². The summed E-state index contributed by atoms with van der Waals surface area (Å²) in [4.78, 5) is 13.3. The SMILES string of the molecule is CC.CCC.CCCS(=O)(=O)N1CCCCC1.CS(C)(C)CCOCn1ccc2ncc(-c3cccnc3N)nc21. The van der Waals surface area contributed by atoms with Gasteiger partial charge >= 0.3 is 0 Å². The minimum Gasteiger partial charge on any atom is -0.383 e. The molecule has 1 aliphatic heterocycles. The summed E-state index contributed by atoms with van der Waals surface area (Å²) in [6.07, 6.45) is 17.4. The Bertz CT molecular complexity index is 1240. The first-order chi connectivity index (χ1) is 19.5. The predicted octanol–water partition coefficient (Wildman–Crippen LogP) is 6.40. The summed E-state index contributed by atoms with van der Waals surface area (Å²) < 4.78 is 32.4. The number of ether oxygens (including phenoxy) is 1. The highest BCUT2D eigenvalue weighted by Crippen LogP contribution is 2.33. The molecule has 234 valence electrons. The van der Waals surface area contributed by atoms with Crippen molar-refractivity contribution in [1.29, 1.82) is 0 Å². The average Bonchev–Trinajstić information content (AvgIpc) is 3.35. The van der Waals surface area contributed by atoms with Gasteiger partial charge in [0.1, 0.15) is 18.1 Å². The Morgan fingerprint density at radius 2 is 1.63 bits per heavy atom. The zero-order chi connectivity index (χ0) is 30.9. The van der Waals surface area contributed by atoms with Crippen molar-refractivity contribution in [2.24, 2.45) is 0 Å². The lowest BCUT2D eigenvalue weighted by molar-refractivity contribution is 0.0923. The Balaban J connectivity index is 0.000000414. The number of fused-ring (bicyclic) bond motifs is 1. The van der Waals surface area contributed by atoms with E-state index in [9.17, 15) is 8.42 Å². The molecule has 0 radical (unpaired) electrons. The molecule has 1 fully saturated rings. The van der Waals surface area contributed by atoms with Crippen molar-refractivity contribution in [3.8, 4) is 11.3 Å². The molecular formula is C30H54N6O3S2. The Morgan fingerprint density at radius 1 is 0.976 bits per heavy atom. The fraction of sp³-hybridized carbons (Fsp3) is 0.633. The van der Waals surface area contributed by atoms with Crippen LogP contribution in [-0.2, 0) is 21.5 Å². The molecule has 11 heteroatoms. The maximum Gasteiger partial charge on any atom is 0.214 e. The van der Waals surface area contributed by atoms with Crippen molar-refractivity contribution in [1.82, 2.24) is 23.8 Å². The number of anilines is 1. The smallest absolute Gasteiger partial charge is 0.214 e. The van der Waals surface area contributed by atoms with E-state index < -0.39 is 20.1 Å². The van der Waals surface area contributed by atoms with Crippen LogP contribution in [0.5, 0.6) is 0 Å². The Labute approximate surface area is 250 Å². The monoisotopic (exact) mass is 610 g/mol. The van der Waals surface area contributed by atoms with Gasteiger partial charge in [0.15, 0.2) is 5.65 Å². The van der Waals surface area contributed by atoms with Crippen LogP contribution in [0.4, 0.5) is 5.82 Å². The Morgan fingerprint density at radius 3 is 2.22 bits per heavy atom. The highest BCUT2D eigenvalue weighted by Gasteiger charge is 2.22. The van der Waals surface area contributed by atoms with Gasteiger partial charge in [0.05, 0.1) is 24.3 Å². The average molecular weight is 611 g/mol. The van der Waals surface area contributed by atoms with Crippen LogP contribution in [-0.4, -0.2) is 82.2 Å². The number of sulfonamides is 1. The quantitative estimate of drug-likeness (QED) is 0.279. The molecule has 0 spiro atoms. The Kier molecular flexibility index (Phi) is 17.1. The summed E-state index contributed by atoms with van der Waals surface area (Å²) in [5.74, 6) is 1.86. The summed E-state index contributed by atoms with van der Waals surface area (Å²) in [5.41, 5.74) is 9.07. The van der Waals surface area contributed by atoms with E-state index in [1.165, 1.54) is 12.8 Å². The molecule has 1 saturated heterocycles. The molecular weight excluding hydrogens is 557 g/mol. The van der Waals surface area contributed by atoms with Crippen LogP contribution < -0.4 is 5.73 Å². The van der Waals surface area contributed by atoms with Crippen molar-refractivity contribution in [2.75, 3.05) is 55.7 Å². The van der Waals surface area contributed by atoms with Crippen LogP contribution in [0.2, 0.25) is 0 Å². The van der Waals surface area contributed by atoms with Gasteiger partial charge in [0, 0.05) is 36.8 Å².